The minimum atomic E-state index is -0.157. The third-order valence-corrected chi connectivity index (χ3v) is 4.02. The number of para-hydroxylation sites is 2. The normalized spacial score (nSPS) is 16.4. The van der Waals surface area contributed by atoms with Gasteiger partial charge in [0.15, 0.2) is 11.5 Å². The van der Waals surface area contributed by atoms with E-state index >= 15 is 0 Å². The van der Waals surface area contributed by atoms with Crippen LogP contribution in [-0.4, -0.2) is 42.2 Å². The van der Waals surface area contributed by atoms with E-state index in [1.54, 1.807) is 36.4 Å². The highest BCUT2D eigenvalue weighted by Gasteiger charge is 2.21. The summed E-state index contributed by atoms with van der Waals surface area (Å²) in [5.74, 6) is 1.63. The summed E-state index contributed by atoms with van der Waals surface area (Å²) in [7, 11) is 1.58. The lowest BCUT2D eigenvalue weighted by molar-refractivity contribution is 0.193. The first-order chi connectivity index (χ1) is 12.2. The zero-order chi connectivity index (χ0) is 17.6. The quantitative estimate of drug-likeness (QED) is 0.852. The fraction of sp³-hybridized carbons (Fsp3) is 0.333. The van der Waals surface area contributed by atoms with Crippen molar-refractivity contribution in [3.63, 3.8) is 0 Å². The van der Waals surface area contributed by atoms with Crippen molar-refractivity contribution in [2.45, 2.75) is 18.9 Å². The number of urea groups is 1. The molecule has 0 aliphatic carbocycles. The number of amides is 2. The fourth-order valence-electron chi connectivity index (χ4n) is 2.73. The Morgan fingerprint density at radius 3 is 2.69 bits per heavy atom. The van der Waals surface area contributed by atoms with Crippen molar-refractivity contribution in [2.75, 3.05) is 25.5 Å². The van der Waals surface area contributed by atoms with Crippen LogP contribution in [0.25, 0.3) is 0 Å². The predicted molar refractivity (Wildman–Crippen MR) is 102 cm³/mol. The molecule has 0 spiro atoms. The molecule has 3 rings (SSSR count). The summed E-state index contributed by atoms with van der Waals surface area (Å²) in [6.45, 7) is 1.30. The number of nitrogens with one attached hydrogen (secondary N) is 1. The van der Waals surface area contributed by atoms with Gasteiger partial charge in [0.1, 0.15) is 0 Å². The first-order valence-corrected chi connectivity index (χ1v) is 8.24. The topological polar surface area (TPSA) is 89.7 Å². The number of hydrogen-bond acceptors (Lipinski definition) is 5. The van der Waals surface area contributed by atoms with Crippen molar-refractivity contribution < 1.29 is 14.3 Å². The molecule has 140 valence electrons. The van der Waals surface area contributed by atoms with E-state index in [4.69, 9.17) is 15.2 Å². The Bertz CT molecular complexity index is 727. The molecular formula is C18H23ClN4O3. The molecule has 1 aliphatic rings. The van der Waals surface area contributed by atoms with Crippen LogP contribution in [0.15, 0.2) is 42.6 Å². The molecule has 7 nitrogen and oxygen atoms in total. The van der Waals surface area contributed by atoms with Crippen LogP contribution in [-0.2, 0) is 0 Å². The van der Waals surface area contributed by atoms with Gasteiger partial charge in [-0.15, -0.1) is 12.4 Å². The largest absolute Gasteiger partial charge is 0.493 e. The minimum absolute atomic E-state index is 0. The number of nitrogens with zero attached hydrogens (tertiary/aromatic N) is 2. The highest BCUT2D eigenvalue weighted by atomic mass is 35.5. The molecule has 2 heterocycles. The summed E-state index contributed by atoms with van der Waals surface area (Å²) < 4.78 is 11.0. The monoisotopic (exact) mass is 378 g/mol. The Hall–Kier alpha value is -2.51. The van der Waals surface area contributed by atoms with Crippen LogP contribution in [0.3, 0.4) is 0 Å². The number of anilines is 1. The molecule has 26 heavy (non-hydrogen) atoms. The number of halogens is 1. The number of nitrogens with two attached hydrogens (primary N) is 1. The number of ether oxygens (including phenoxy) is 2. The van der Waals surface area contributed by atoms with Crippen molar-refractivity contribution in [3.8, 4) is 17.4 Å². The lowest BCUT2D eigenvalue weighted by Crippen LogP contribution is -2.47. The summed E-state index contributed by atoms with van der Waals surface area (Å²) in [4.78, 5) is 18.2. The molecule has 1 aromatic heterocycles. The maximum absolute atomic E-state index is 12.3. The summed E-state index contributed by atoms with van der Waals surface area (Å²) in [6, 6.07) is 10.7. The molecule has 1 saturated heterocycles. The SMILES string of the molecule is COc1ccccc1Oc1ccc(NC(=O)N2CCCC(N)C2)cn1.Cl. The summed E-state index contributed by atoms with van der Waals surface area (Å²) >= 11 is 0. The van der Waals surface area contributed by atoms with E-state index in [0.717, 1.165) is 19.4 Å². The molecule has 0 saturated carbocycles. The number of likely N-dealkylation sites (tertiary alicyclic amines) is 1. The van der Waals surface area contributed by atoms with Gasteiger partial charge in [-0.1, -0.05) is 12.1 Å². The van der Waals surface area contributed by atoms with Crippen molar-refractivity contribution in [1.29, 1.82) is 0 Å². The second-order valence-electron chi connectivity index (χ2n) is 5.92. The highest BCUT2D eigenvalue weighted by molar-refractivity contribution is 5.89. The molecule has 3 N–H and O–H groups in total. The van der Waals surface area contributed by atoms with Gasteiger partial charge in [-0.05, 0) is 31.0 Å². The zero-order valence-electron chi connectivity index (χ0n) is 14.6. The van der Waals surface area contributed by atoms with Gasteiger partial charge >= 0.3 is 6.03 Å². The molecule has 1 aliphatic heterocycles. The maximum atomic E-state index is 12.3. The van der Waals surface area contributed by atoms with Crippen molar-refractivity contribution in [1.82, 2.24) is 9.88 Å². The van der Waals surface area contributed by atoms with E-state index in [9.17, 15) is 4.79 Å². The van der Waals surface area contributed by atoms with Crippen LogP contribution in [0.1, 0.15) is 12.8 Å². The average Bonchev–Trinajstić information content (AvgIpc) is 2.64. The Labute approximate surface area is 158 Å². The second kappa shape index (κ2) is 9.26. The number of hydrogen-bond donors (Lipinski definition) is 2. The van der Waals surface area contributed by atoms with Crippen LogP contribution < -0.4 is 20.5 Å². The van der Waals surface area contributed by atoms with E-state index in [1.807, 2.05) is 18.2 Å². The van der Waals surface area contributed by atoms with Crippen LogP contribution in [0.2, 0.25) is 0 Å². The number of pyridine rings is 1. The lowest BCUT2D eigenvalue weighted by Gasteiger charge is -2.30. The van der Waals surface area contributed by atoms with E-state index in [2.05, 4.69) is 10.3 Å². The van der Waals surface area contributed by atoms with Gasteiger partial charge in [0.05, 0.1) is 19.0 Å². The third-order valence-electron chi connectivity index (χ3n) is 4.02. The molecule has 2 aromatic rings. The molecule has 1 atom stereocenters. The van der Waals surface area contributed by atoms with Crippen LogP contribution >= 0.6 is 12.4 Å². The predicted octanol–water partition coefficient (Wildman–Crippen LogP) is 3.26. The number of carbonyl (C=O) groups is 1. The zero-order valence-corrected chi connectivity index (χ0v) is 15.4. The van der Waals surface area contributed by atoms with Crippen LogP contribution in [0.4, 0.5) is 10.5 Å². The molecule has 2 amide bonds. The van der Waals surface area contributed by atoms with Crippen molar-refractivity contribution >= 4 is 24.1 Å². The Morgan fingerprint density at radius 1 is 1.27 bits per heavy atom. The Kier molecular flexibility index (Phi) is 7.06. The number of rotatable bonds is 4. The van der Waals surface area contributed by atoms with Gasteiger partial charge in [-0.25, -0.2) is 9.78 Å². The summed E-state index contributed by atoms with van der Waals surface area (Å²) in [5, 5.41) is 2.83. The van der Waals surface area contributed by atoms with Crippen molar-refractivity contribution in [2.24, 2.45) is 5.73 Å². The van der Waals surface area contributed by atoms with Crippen LogP contribution in [0, 0.1) is 0 Å². The van der Waals surface area contributed by atoms with Gasteiger partial charge in [0.2, 0.25) is 5.88 Å². The maximum Gasteiger partial charge on any atom is 0.321 e. The van der Waals surface area contributed by atoms with Gasteiger partial charge in [0.25, 0.3) is 0 Å². The van der Waals surface area contributed by atoms with Gasteiger partial charge in [0, 0.05) is 25.2 Å². The number of benzene rings is 1. The van der Waals surface area contributed by atoms with Crippen molar-refractivity contribution in [3.05, 3.63) is 42.6 Å². The number of aromatic nitrogens is 1. The molecule has 0 bridgehead atoms. The standard InChI is InChI=1S/C18H22N4O3.ClH/c1-24-15-6-2-3-7-16(15)25-17-9-8-14(11-20-17)21-18(23)22-10-4-5-13(19)12-22;/h2-3,6-9,11,13H,4-5,10,12,19H2,1H3,(H,21,23);1H. The van der Waals surface area contributed by atoms with Gasteiger partial charge in [-0.3, -0.25) is 0 Å². The summed E-state index contributed by atoms with van der Waals surface area (Å²) in [5.41, 5.74) is 6.52. The number of piperidine rings is 1. The van der Waals surface area contributed by atoms with Crippen LogP contribution in [0.5, 0.6) is 17.4 Å². The Balaban J connectivity index is 0.00000243. The number of carbonyl (C=O) groups excluding carboxylic acids is 1. The molecule has 1 aromatic carbocycles. The molecular weight excluding hydrogens is 356 g/mol. The fourth-order valence-corrected chi connectivity index (χ4v) is 2.73. The minimum Gasteiger partial charge on any atom is -0.493 e. The number of methoxy groups -OCH3 is 1. The van der Waals surface area contributed by atoms with Gasteiger partial charge < -0.3 is 25.4 Å². The van der Waals surface area contributed by atoms with E-state index in [0.29, 0.717) is 29.6 Å². The van der Waals surface area contributed by atoms with Gasteiger partial charge in [-0.2, -0.15) is 0 Å². The smallest absolute Gasteiger partial charge is 0.321 e. The molecule has 0 radical (unpaired) electrons. The Morgan fingerprint density at radius 2 is 2.04 bits per heavy atom. The highest BCUT2D eigenvalue weighted by Crippen LogP contribution is 2.30. The summed E-state index contributed by atoms with van der Waals surface area (Å²) in [6.07, 6.45) is 3.45. The lowest BCUT2D eigenvalue weighted by atomic mass is 10.1. The molecule has 8 heteroatoms. The first-order valence-electron chi connectivity index (χ1n) is 8.24. The third kappa shape index (κ3) is 5.00. The van der Waals surface area contributed by atoms with E-state index in [-0.39, 0.29) is 24.5 Å². The second-order valence-corrected chi connectivity index (χ2v) is 5.92. The average molecular weight is 379 g/mol. The molecule has 1 fully saturated rings. The first kappa shape index (κ1) is 19.8. The van der Waals surface area contributed by atoms with E-state index < -0.39 is 0 Å². The van der Waals surface area contributed by atoms with E-state index in [1.165, 1.54) is 0 Å². The molecule has 1 unspecified atom stereocenters.